The smallest absolute Gasteiger partial charge is 0.275 e. The summed E-state index contributed by atoms with van der Waals surface area (Å²) in [6.45, 7) is 6.97. The van der Waals surface area contributed by atoms with Gasteiger partial charge in [0.05, 0.1) is 24.9 Å². The maximum absolute atomic E-state index is 14.3. The average Bonchev–Trinajstić information content (AvgIpc) is 3.20. The Labute approximate surface area is 168 Å². The number of benzene rings is 1. The fraction of sp³-hybridized carbons (Fsp3) is 0.381. The van der Waals surface area contributed by atoms with Crippen molar-refractivity contribution in [2.24, 2.45) is 7.05 Å². The van der Waals surface area contributed by atoms with E-state index in [4.69, 9.17) is 4.74 Å². The molecule has 0 N–H and O–H groups in total. The van der Waals surface area contributed by atoms with Gasteiger partial charge < -0.3 is 9.64 Å². The van der Waals surface area contributed by atoms with Gasteiger partial charge in [0.25, 0.3) is 5.91 Å². The zero-order valence-corrected chi connectivity index (χ0v) is 17.0. The Morgan fingerprint density at radius 1 is 1.21 bits per heavy atom. The number of carbonyl (C=O) groups is 1. The average molecular weight is 397 g/mol. The Hall–Kier alpha value is -3.00. The van der Waals surface area contributed by atoms with Crippen LogP contribution < -0.4 is 0 Å². The van der Waals surface area contributed by atoms with Gasteiger partial charge in [0.15, 0.2) is 5.69 Å². The molecule has 1 aromatic carbocycles. The van der Waals surface area contributed by atoms with E-state index in [9.17, 15) is 9.18 Å². The number of aryl methyl sites for hydroxylation is 3. The molecular formula is C21H24FN5O2. The lowest BCUT2D eigenvalue weighted by atomic mass is 10.0. The van der Waals surface area contributed by atoms with Crippen molar-refractivity contribution >= 4 is 5.91 Å². The van der Waals surface area contributed by atoms with Crippen molar-refractivity contribution in [3.8, 4) is 5.69 Å². The first-order valence-electron chi connectivity index (χ1n) is 9.59. The highest BCUT2D eigenvalue weighted by molar-refractivity contribution is 5.92. The van der Waals surface area contributed by atoms with Gasteiger partial charge in [0, 0.05) is 30.5 Å². The summed E-state index contributed by atoms with van der Waals surface area (Å²) in [6, 6.07) is 8.01. The molecule has 3 aromatic rings. The highest BCUT2D eigenvalue weighted by Gasteiger charge is 2.34. The molecule has 3 heterocycles. The van der Waals surface area contributed by atoms with E-state index >= 15 is 0 Å². The molecule has 29 heavy (non-hydrogen) atoms. The second-order valence-corrected chi connectivity index (χ2v) is 7.33. The van der Waals surface area contributed by atoms with E-state index in [1.54, 1.807) is 38.5 Å². The predicted molar refractivity (Wildman–Crippen MR) is 106 cm³/mol. The summed E-state index contributed by atoms with van der Waals surface area (Å²) in [5.74, 6) is -0.485. The quantitative estimate of drug-likeness (QED) is 0.682. The van der Waals surface area contributed by atoms with Gasteiger partial charge in [-0.25, -0.2) is 9.07 Å². The van der Waals surface area contributed by atoms with E-state index in [0.717, 1.165) is 22.6 Å². The van der Waals surface area contributed by atoms with Crippen LogP contribution in [-0.4, -0.2) is 50.1 Å². The van der Waals surface area contributed by atoms with Crippen molar-refractivity contribution in [1.82, 2.24) is 24.5 Å². The summed E-state index contributed by atoms with van der Waals surface area (Å²) in [6.07, 6.45) is 0. The van der Waals surface area contributed by atoms with Crippen LogP contribution in [0.1, 0.15) is 39.2 Å². The van der Waals surface area contributed by atoms with Crippen LogP contribution in [0.4, 0.5) is 4.39 Å². The van der Waals surface area contributed by atoms with E-state index in [0.29, 0.717) is 31.1 Å². The fourth-order valence-electron chi connectivity index (χ4n) is 3.89. The molecule has 2 aromatic heterocycles. The highest BCUT2D eigenvalue weighted by Crippen LogP contribution is 2.32. The van der Waals surface area contributed by atoms with Crippen LogP contribution in [0.3, 0.4) is 0 Å². The molecule has 1 atom stereocenters. The van der Waals surface area contributed by atoms with Crippen LogP contribution in [0, 0.1) is 26.6 Å². The van der Waals surface area contributed by atoms with Crippen molar-refractivity contribution in [3.63, 3.8) is 0 Å². The van der Waals surface area contributed by atoms with E-state index in [-0.39, 0.29) is 17.8 Å². The maximum atomic E-state index is 14.3. The molecule has 0 spiro atoms. The first kappa shape index (κ1) is 19.3. The first-order chi connectivity index (χ1) is 13.9. The molecule has 8 heteroatoms. The van der Waals surface area contributed by atoms with Gasteiger partial charge in [-0.1, -0.05) is 12.1 Å². The second kappa shape index (κ2) is 7.44. The molecule has 152 valence electrons. The van der Waals surface area contributed by atoms with Gasteiger partial charge in [-0.15, -0.1) is 0 Å². The minimum Gasteiger partial charge on any atom is -0.377 e. The van der Waals surface area contributed by atoms with E-state index < -0.39 is 0 Å². The number of amides is 1. The van der Waals surface area contributed by atoms with Crippen LogP contribution in [0.5, 0.6) is 0 Å². The molecule has 1 fully saturated rings. The number of carbonyl (C=O) groups excluding carboxylic acids is 1. The Bertz CT molecular complexity index is 1050. The lowest BCUT2D eigenvalue weighted by Crippen LogP contribution is -2.44. The molecule has 0 saturated carbocycles. The molecule has 0 aliphatic carbocycles. The summed E-state index contributed by atoms with van der Waals surface area (Å²) >= 11 is 0. The van der Waals surface area contributed by atoms with E-state index in [1.165, 1.54) is 6.07 Å². The van der Waals surface area contributed by atoms with Crippen molar-refractivity contribution in [1.29, 1.82) is 0 Å². The number of aromatic nitrogens is 4. The molecule has 7 nitrogen and oxygen atoms in total. The molecule has 0 radical (unpaired) electrons. The molecule has 4 rings (SSSR count). The van der Waals surface area contributed by atoms with Gasteiger partial charge >= 0.3 is 0 Å². The number of halogens is 1. The molecule has 1 aliphatic rings. The summed E-state index contributed by atoms with van der Waals surface area (Å²) in [4.78, 5) is 15.0. The molecule has 1 saturated heterocycles. The SMILES string of the molecule is Cc1nn(-c2ccccc2F)c(C)c1[C@H]1COCCN1C(=O)c1cc(C)n(C)n1. The third-order valence-electron chi connectivity index (χ3n) is 5.48. The van der Waals surface area contributed by atoms with Crippen molar-refractivity contribution in [3.05, 3.63) is 64.5 Å². The van der Waals surface area contributed by atoms with Crippen LogP contribution in [0.2, 0.25) is 0 Å². The topological polar surface area (TPSA) is 65.2 Å². The summed E-state index contributed by atoms with van der Waals surface area (Å²) in [7, 11) is 1.82. The number of hydrogen-bond acceptors (Lipinski definition) is 4. The van der Waals surface area contributed by atoms with Gasteiger partial charge in [-0.3, -0.25) is 9.48 Å². The fourth-order valence-corrected chi connectivity index (χ4v) is 3.89. The summed E-state index contributed by atoms with van der Waals surface area (Å²) in [5, 5.41) is 8.90. The number of rotatable bonds is 3. The van der Waals surface area contributed by atoms with Crippen molar-refractivity contribution < 1.29 is 13.9 Å². The van der Waals surface area contributed by atoms with Crippen molar-refractivity contribution in [2.75, 3.05) is 19.8 Å². The van der Waals surface area contributed by atoms with Gasteiger partial charge in [0.2, 0.25) is 0 Å². The van der Waals surface area contributed by atoms with Gasteiger partial charge in [-0.05, 0) is 39.0 Å². The number of nitrogens with zero attached hydrogens (tertiary/aromatic N) is 5. The Kier molecular flexibility index (Phi) is 4.96. The molecule has 0 unspecified atom stereocenters. The zero-order valence-electron chi connectivity index (χ0n) is 17.0. The van der Waals surface area contributed by atoms with Crippen LogP contribution >= 0.6 is 0 Å². The van der Waals surface area contributed by atoms with Gasteiger partial charge in [0.1, 0.15) is 11.5 Å². The molecule has 0 bridgehead atoms. The molecule has 1 aliphatic heterocycles. The second-order valence-electron chi connectivity index (χ2n) is 7.33. The minimum absolute atomic E-state index is 0.139. The standard InChI is InChI=1S/C21H24FN5O2/c1-13-11-17(24-25(13)4)21(28)26-9-10-29-12-19(26)20-14(2)23-27(15(20)3)18-8-6-5-7-16(18)22/h5-8,11,19H,9-10,12H2,1-4H3/t19-/m1/s1. The van der Waals surface area contributed by atoms with E-state index in [2.05, 4.69) is 10.2 Å². The number of para-hydroxylation sites is 1. The third kappa shape index (κ3) is 3.33. The normalized spacial score (nSPS) is 17.0. The van der Waals surface area contributed by atoms with Gasteiger partial charge in [-0.2, -0.15) is 10.2 Å². The number of morpholine rings is 1. The number of ether oxygens (including phenoxy) is 1. The largest absolute Gasteiger partial charge is 0.377 e. The Morgan fingerprint density at radius 2 is 1.97 bits per heavy atom. The predicted octanol–water partition coefficient (Wildman–Crippen LogP) is 2.88. The maximum Gasteiger partial charge on any atom is 0.275 e. The summed E-state index contributed by atoms with van der Waals surface area (Å²) in [5.41, 5.74) is 4.13. The Balaban J connectivity index is 1.74. The zero-order chi connectivity index (χ0) is 20.7. The first-order valence-corrected chi connectivity index (χ1v) is 9.59. The minimum atomic E-state index is -0.346. The highest BCUT2D eigenvalue weighted by atomic mass is 19.1. The van der Waals surface area contributed by atoms with Crippen LogP contribution in [0.25, 0.3) is 5.69 Å². The van der Waals surface area contributed by atoms with E-state index in [1.807, 2.05) is 27.8 Å². The Morgan fingerprint density at radius 3 is 2.66 bits per heavy atom. The summed E-state index contributed by atoms with van der Waals surface area (Å²) < 4.78 is 23.3. The molecule has 1 amide bonds. The van der Waals surface area contributed by atoms with Crippen LogP contribution in [0.15, 0.2) is 30.3 Å². The lowest BCUT2D eigenvalue weighted by molar-refractivity contribution is -0.00338. The van der Waals surface area contributed by atoms with Crippen molar-refractivity contribution in [2.45, 2.75) is 26.8 Å². The van der Waals surface area contributed by atoms with Crippen LogP contribution in [-0.2, 0) is 11.8 Å². The number of hydrogen-bond donors (Lipinski definition) is 0. The lowest BCUT2D eigenvalue weighted by Gasteiger charge is -2.35. The molecular weight excluding hydrogens is 373 g/mol. The third-order valence-corrected chi connectivity index (χ3v) is 5.48. The monoisotopic (exact) mass is 397 g/mol.